The van der Waals surface area contributed by atoms with Gasteiger partial charge in [0.25, 0.3) is 5.89 Å². The van der Waals surface area contributed by atoms with Gasteiger partial charge in [-0.05, 0) is 32.1 Å². The van der Waals surface area contributed by atoms with E-state index in [1.807, 2.05) is 0 Å². The second-order valence-electron chi connectivity index (χ2n) is 4.80. The van der Waals surface area contributed by atoms with Crippen molar-refractivity contribution in [1.29, 1.82) is 0 Å². The van der Waals surface area contributed by atoms with Gasteiger partial charge in [-0.1, -0.05) is 12.1 Å². The Kier molecular flexibility index (Phi) is 4.23. The van der Waals surface area contributed by atoms with Gasteiger partial charge in [0.1, 0.15) is 4.88 Å². The molecular weight excluding hydrogens is 284 g/mol. The van der Waals surface area contributed by atoms with Crippen LogP contribution < -0.4 is 5.73 Å². The average Bonchev–Trinajstić information content (AvgIpc) is 2.94. The third-order valence-corrected chi connectivity index (χ3v) is 4.39. The maximum absolute atomic E-state index is 6.17. The molecule has 2 aromatic heterocycles. The summed E-state index contributed by atoms with van der Waals surface area (Å²) < 4.78 is 5.29. The number of hydrogen-bond donors (Lipinski definition) is 1. The number of nitrogens with zero attached hydrogens (tertiary/aromatic N) is 3. The first-order valence-corrected chi connectivity index (χ1v) is 7.11. The van der Waals surface area contributed by atoms with E-state index in [-0.39, 0.29) is 17.9 Å². The van der Waals surface area contributed by atoms with Gasteiger partial charge in [0.15, 0.2) is 5.82 Å². The molecule has 1 saturated carbocycles. The lowest BCUT2D eigenvalue weighted by atomic mass is 9.77. The van der Waals surface area contributed by atoms with Crippen LogP contribution in [0.2, 0.25) is 0 Å². The summed E-state index contributed by atoms with van der Waals surface area (Å²) >= 11 is 1.61. The minimum Gasteiger partial charge on any atom is -0.333 e. The van der Waals surface area contributed by atoms with E-state index < -0.39 is 0 Å². The van der Waals surface area contributed by atoms with Crippen LogP contribution in [0.5, 0.6) is 0 Å². The largest absolute Gasteiger partial charge is 0.333 e. The van der Waals surface area contributed by atoms with Crippen LogP contribution in [0.4, 0.5) is 0 Å². The molecule has 0 saturated heterocycles. The van der Waals surface area contributed by atoms with Crippen LogP contribution in [0.15, 0.2) is 10.7 Å². The predicted molar refractivity (Wildman–Crippen MR) is 76.4 cm³/mol. The minimum atomic E-state index is -0.362. The van der Waals surface area contributed by atoms with E-state index in [9.17, 15) is 0 Å². The second kappa shape index (κ2) is 5.56. The highest BCUT2D eigenvalue weighted by molar-refractivity contribution is 7.15. The Morgan fingerprint density at radius 3 is 2.89 bits per heavy atom. The lowest BCUT2D eigenvalue weighted by molar-refractivity contribution is 0.229. The summed E-state index contributed by atoms with van der Waals surface area (Å²) in [4.78, 5) is 9.69. The van der Waals surface area contributed by atoms with Crippen LogP contribution in [0, 0.1) is 0 Å². The smallest absolute Gasteiger partial charge is 0.269 e. The summed E-state index contributed by atoms with van der Waals surface area (Å²) in [6, 6.07) is 0. The molecule has 2 aromatic rings. The number of rotatable bonds is 4. The van der Waals surface area contributed by atoms with Crippen LogP contribution in [0.25, 0.3) is 10.8 Å². The van der Waals surface area contributed by atoms with Crippen molar-refractivity contribution in [3.8, 4) is 10.8 Å². The van der Waals surface area contributed by atoms with Crippen molar-refractivity contribution >= 4 is 23.7 Å². The topological polar surface area (TPSA) is 77.8 Å². The van der Waals surface area contributed by atoms with Gasteiger partial charge in [-0.3, -0.25) is 0 Å². The Bertz CT molecular complexity index is 549. The molecule has 0 unspecified atom stereocenters. The summed E-state index contributed by atoms with van der Waals surface area (Å²) in [6.07, 6.45) is 6.91. The van der Waals surface area contributed by atoms with Crippen molar-refractivity contribution in [2.24, 2.45) is 5.73 Å². The van der Waals surface area contributed by atoms with Gasteiger partial charge in [-0.2, -0.15) is 4.98 Å². The highest BCUT2D eigenvalue weighted by Crippen LogP contribution is 2.38. The number of aryl methyl sites for hydroxylation is 1. The first-order chi connectivity index (χ1) is 8.71. The van der Waals surface area contributed by atoms with Crippen LogP contribution in [0.3, 0.4) is 0 Å². The lowest BCUT2D eigenvalue weighted by Crippen LogP contribution is -2.44. The zero-order valence-electron chi connectivity index (χ0n) is 10.8. The lowest BCUT2D eigenvalue weighted by Gasteiger charge is -2.34. The second-order valence-corrected chi connectivity index (χ2v) is 5.92. The number of halogens is 1. The molecule has 1 aliphatic carbocycles. The Morgan fingerprint density at radius 1 is 1.47 bits per heavy atom. The molecule has 1 aliphatic rings. The Hall–Kier alpha value is -0.980. The highest BCUT2D eigenvalue weighted by atomic mass is 35.5. The van der Waals surface area contributed by atoms with Crippen LogP contribution >= 0.6 is 23.7 Å². The molecule has 0 radical (unpaired) electrons. The van der Waals surface area contributed by atoms with Crippen LogP contribution in [0.1, 0.15) is 43.4 Å². The predicted octanol–water partition coefficient (Wildman–Crippen LogP) is 2.91. The monoisotopic (exact) mass is 300 g/mol. The van der Waals surface area contributed by atoms with Gasteiger partial charge >= 0.3 is 0 Å². The van der Waals surface area contributed by atoms with Crippen molar-refractivity contribution in [3.05, 3.63) is 17.0 Å². The molecule has 5 nitrogen and oxygen atoms in total. The molecule has 19 heavy (non-hydrogen) atoms. The molecule has 0 aliphatic heterocycles. The Balaban J connectivity index is 0.00000133. The maximum atomic E-state index is 6.17. The molecule has 2 N–H and O–H groups in total. The Morgan fingerprint density at radius 2 is 2.26 bits per heavy atom. The summed E-state index contributed by atoms with van der Waals surface area (Å²) in [5.41, 5.74) is 5.81. The minimum absolute atomic E-state index is 0. The van der Waals surface area contributed by atoms with E-state index in [1.165, 1.54) is 0 Å². The molecule has 3 rings (SSSR count). The number of nitrogens with two attached hydrogens (primary N) is 1. The fourth-order valence-corrected chi connectivity index (χ4v) is 2.99. The number of aromatic nitrogens is 3. The summed E-state index contributed by atoms with van der Waals surface area (Å²) in [5.74, 6) is 1.18. The zero-order valence-corrected chi connectivity index (χ0v) is 12.4. The van der Waals surface area contributed by atoms with E-state index in [0.29, 0.717) is 11.7 Å². The van der Waals surface area contributed by atoms with Crippen molar-refractivity contribution < 1.29 is 4.52 Å². The average molecular weight is 301 g/mol. The number of hydrogen-bond acceptors (Lipinski definition) is 6. The molecule has 0 amide bonds. The standard InChI is InChI=1S/C12H16N4OS.ClH/c1-2-4-9-14-7-8(18-9)10-15-11(16-17-10)12(13)5-3-6-12;/h7H,2-6,13H2,1H3;1H. The molecule has 0 aromatic carbocycles. The molecule has 0 atom stereocenters. The van der Waals surface area contributed by atoms with Crippen molar-refractivity contribution in [3.63, 3.8) is 0 Å². The molecule has 7 heteroatoms. The first kappa shape index (κ1) is 14.4. The van der Waals surface area contributed by atoms with Gasteiger partial charge in [-0.25, -0.2) is 4.98 Å². The maximum Gasteiger partial charge on any atom is 0.269 e. The van der Waals surface area contributed by atoms with Gasteiger partial charge in [-0.15, -0.1) is 23.7 Å². The Labute approximate surface area is 122 Å². The zero-order chi connectivity index (χ0) is 12.6. The quantitative estimate of drug-likeness (QED) is 0.939. The van der Waals surface area contributed by atoms with E-state index in [1.54, 1.807) is 17.5 Å². The number of thiazole rings is 1. The normalized spacial score (nSPS) is 16.7. The van der Waals surface area contributed by atoms with Crippen LogP contribution in [-0.2, 0) is 12.0 Å². The fourth-order valence-electron chi connectivity index (χ4n) is 2.05. The van der Waals surface area contributed by atoms with E-state index in [4.69, 9.17) is 10.3 Å². The highest BCUT2D eigenvalue weighted by Gasteiger charge is 2.39. The third kappa shape index (κ3) is 2.66. The van der Waals surface area contributed by atoms with Gasteiger partial charge < -0.3 is 10.3 Å². The molecule has 2 heterocycles. The summed E-state index contributed by atoms with van der Waals surface area (Å²) in [7, 11) is 0. The van der Waals surface area contributed by atoms with Gasteiger partial charge in [0.05, 0.1) is 16.7 Å². The fraction of sp³-hybridized carbons (Fsp3) is 0.583. The molecule has 1 fully saturated rings. The van der Waals surface area contributed by atoms with Crippen molar-refractivity contribution in [2.75, 3.05) is 0 Å². The summed E-state index contributed by atoms with van der Waals surface area (Å²) in [6.45, 7) is 2.14. The molecule has 104 valence electrons. The van der Waals surface area contributed by atoms with E-state index >= 15 is 0 Å². The SMILES string of the molecule is CCCc1ncc(-c2nc(C3(N)CCC3)no2)s1.Cl. The van der Waals surface area contributed by atoms with Crippen molar-refractivity contribution in [1.82, 2.24) is 15.1 Å². The molecule has 0 bridgehead atoms. The summed E-state index contributed by atoms with van der Waals surface area (Å²) in [5, 5.41) is 5.12. The molecular formula is C12H17ClN4OS. The van der Waals surface area contributed by atoms with Crippen molar-refractivity contribution in [2.45, 2.75) is 44.6 Å². The van der Waals surface area contributed by atoms with Gasteiger partial charge in [0, 0.05) is 0 Å². The molecule has 0 spiro atoms. The first-order valence-electron chi connectivity index (χ1n) is 6.29. The van der Waals surface area contributed by atoms with Gasteiger partial charge in [0.2, 0.25) is 0 Å². The van der Waals surface area contributed by atoms with E-state index in [2.05, 4.69) is 22.0 Å². The third-order valence-electron chi connectivity index (χ3n) is 3.35. The van der Waals surface area contributed by atoms with E-state index in [0.717, 1.165) is 42.0 Å². The van der Waals surface area contributed by atoms with Crippen LogP contribution in [-0.4, -0.2) is 15.1 Å².